The summed E-state index contributed by atoms with van der Waals surface area (Å²) in [5, 5.41) is 10.0. The molecule has 0 aliphatic carbocycles. The van der Waals surface area contributed by atoms with E-state index in [4.69, 9.17) is 0 Å². The van der Waals surface area contributed by atoms with Gasteiger partial charge in [-0.25, -0.2) is 0 Å². The van der Waals surface area contributed by atoms with Gasteiger partial charge >= 0.3 is 0 Å². The van der Waals surface area contributed by atoms with Crippen molar-refractivity contribution in [3.63, 3.8) is 0 Å². The number of hydrogen-bond donors (Lipinski definition) is 0. The molecule has 0 spiro atoms. The smallest absolute Gasteiger partial charge is 0.0562 e. The third-order valence-electron chi connectivity index (χ3n) is 12.0. The van der Waals surface area contributed by atoms with E-state index in [9.17, 15) is 0 Å². The number of hydrogen-bond acceptors (Lipinski definition) is 2. The molecule has 0 N–H and O–H groups in total. The molecule has 10 aromatic carbocycles. The summed E-state index contributed by atoms with van der Waals surface area (Å²) in [6.45, 7) is 0. The molecular formula is C56H36N2S. The minimum absolute atomic E-state index is 1.10. The van der Waals surface area contributed by atoms with Crippen LogP contribution in [0.1, 0.15) is 0 Å². The van der Waals surface area contributed by atoms with Crippen LogP contribution >= 0.6 is 11.3 Å². The zero-order valence-electron chi connectivity index (χ0n) is 32.1. The van der Waals surface area contributed by atoms with E-state index in [0.29, 0.717) is 0 Å². The van der Waals surface area contributed by atoms with Gasteiger partial charge in [-0.1, -0.05) is 158 Å². The summed E-state index contributed by atoms with van der Waals surface area (Å²) >= 11 is 1.89. The lowest BCUT2D eigenvalue weighted by Crippen LogP contribution is -2.10. The van der Waals surface area contributed by atoms with Gasteiger partial charge in [-0.05, 0) is 104 Å². The van der Waals surface area contributed by atoms with E-state index in [0.717, 1.165) is 22.7 Å². The van der Waals surface area contributed by atoms with Crippen LogP contribution in [0.5, 0.6) is 0 Å². The Morgan fingerprint density at radius 2 is 0.983 bits per heavy atom. The normalized spacial score (nSPS) is 11.7. The van der Waals surface area contributed by atoms with Crippen molar-refractivity contribution in [2.45, 2.75) is 0 Å². The zero-order chi connectivity index (χ0) is 38.9. The minimum atomic E-state index is 1.10. The van der Waals surface area contributed by atoms with Crippen molar-refractivity contribution in [2.75, 3.05) is 4.90 Å². The van der Waals surface area contributed by atoms with Gasteiger partial charge in [0.2, 0.25) is 0 Å². The molecule has 0 aliphatic rings. The topological polar surface area (TPSA) is 8.17 Å². The second-order valence-electron chi connectivity index (χ2n) is 15.3. The molecule has 2 heterocycles. The molecule has 2 nitrogen and oxygen atoms in total. The molecule has 276 valence electrons. The molecule has 0 aliphatic heterocycles. The maximum Gasteiger partial charge on any atom is 0.0562 e. The van der Waals surface area contributed by atoms with E-state index in [2.05, 4.69) is 228 Å². The van der Waals surface area contributed by atoms with Gasteiger partial charge < -0.3 is 9.47 Å². The molecule has 0 amide bonds. The molecule has 2 aromatic heterocycles. The molecule has 3 heteroatoms. The standard InChI is InChI=1S/C56H36N2S/c1-3-14-37(15-4-1)46-35-34-45(54-48-21-10-12-25-53(48)59-56(46)54)39-28-31-42(32-29-39)57(43-33-30-40-27-26-38-16-7-8-19-44(38)49(40)36-43)51-23-13-24-52-55(51)47-20-9-11-22-50(47)58(52)41-17-5-2-6-18-41/h1-36H. The zero-order valence-corrected chi connectivity index (χ0v) is 32.9. The van der Waals surface area contributed by atoms with Crippen molar-refractivity contribution in [2.24, 2.45) is 0 Å². The Morgan fingerprint density at radius 1 is 0.373 bits per heavy atom. The number of thiophene rings is 1. The van der Waals surface area contributed by atoms with Crippen molar-refractivity contribution in [3.8, 4) is 27.9 Å². The first-order valence-electron chi connectivity index (χ1n) is 20.2. The fourth-order valence-corrected chi connectivity index (χ4v) is 10.6. The molecule has 12 rings (SSSR count). The summed E-state index contributed by atoms with van der Waals surface area (Å²) in [4.78, 5) is 2.46. The van der Waals surface area contributed by atoms with Gasteiger partial charge in [-0.15, -0.1) is 11.3 Å². The highest BCUT2D eigenvalue weighted by atomic mass is 32.1. The predicted molar refractivity (Wildman–Crippen MR) is 254 cm³/mol. The molecular weight excluding hydrogens is 733 g/mol. The highest BCUT2D eigenvalue weighted by Gasteiger charge is 2.22. The average molecular weight is 769 g/mol. The molecule has 12 aromatic rings. The van der Waals surface area contributed by atoms with Crippen molar-refractivity contribution >= 4 is 91.9 Å². The summed E-state index contributed by atoms with van der Waals surface area (Å²) in [6, 6.07) is 79.9. The van der Waals surface area contributed by atoms with Crippen LogP contribution in [-0.4, -0.2) is 4.57 Å². The quantitative estimate of drug-likeness (QED) is 0.153. The summed E-state index contributed by atoms with van der Waals surface area (Å²) in [6.07, 6.45) is 0. The fraction of sp³-hybridized carbons (Fsp3) is 0. The molecule has 0 unspecified atom stereocenters. The molecule has 0 atom stereocenters. The van der Waals surface area contributed by atoms with Gasteiger partial charge in [0.25, 0.3) is 0 Å². The first kappa shape index (κ1) is 33.7. The van der Waals surface area contributed by atoms with Crippen molar-refractivity contribution in [1.82, 2.24) is 4.57 Å². The van der Waals surface area contributed by atoms with E-state index < -0.39 is 0 Å². The molecule has 0 fully saturated rings. The van der Waals surface area contributed by atoms with E-state index in [-0.39, 0.29) is 0 Å². The highest BCUT2D eigenvalue weighted by molar-refractivity contribution is 7.26. The van der Waals surface area contributed by atoms with Crippen molar-refractivity contribution < 1.29 is 0 Å². The summed E-state index contributed by atoms with van der Waals surface area (Å²) in [5.74, 6) is 0. The van der Waals surface area contributed by atoms with Crippen molar-refractivity contribution in [1.29, 1.82) is 0 Å². The third-order valence-corrected chi connectivity index (χ3v) is 13.2. The van der Waals surface area contributed by atoms with Crippen LogP contribution in [0.2, 0.25) is 0 Å². The Kier molecular flexibility index (Phi) is 7.75. The van der Waals surface area contributed by atoms with Crippen LogP contribution < -0.4 is 4.90 Å². The van der Waals surface area contributed by atoms with Crippen molar-refractivity contribution in [3.05, 3.63) is 218 Å². The van der Waals surface area contributed by atoms with Gasteiger partial charge in [-0.2, -0.15) is 0 Å². The SMILES string of the molecule is c1ccc(-c2ccc(-c3ccc(N(c4ccc5ccc6ccccc6c5c4)c4cccc5c4c4ccccc4n5-c4ccccc4)cc3)c3c2sc2ccccc23)cc1. The molecule has 0 radical (unpaired) electrons. The first-order chi connectivity index (χ1) is 29.3. The van der Waals surface area contributed by atoms with Crippen LogP contribution in [0.25, 0.3) is 91.5 Å². The number of anilines is 3. The summed E-state index contributed by atoms with van der Waals surface area (Å²) in [5.41, 5.74) is 11.8. The van der Waals surface area contributed by atoms with Gasteiger partial charge in [0.15, 0.2) is 0 Å². The Balaban J connectivity index is 1.09. The van der Waals surface area contributed by atoms with E-state index >= 15 is 0 Å². The third kappa shape index (κ3) is 5.40. The number of aromatic nitrogens is 1. The van der Waals surface area contributed by atoms with Gasteiger partial charge in [-0.3, -0.25) is 0 Å². The Bertz CT molecular complexity index is 3540. The lowest BCUT2D eigenvalue weighted by molar-refractivity contribution is 1.18. The highest BCUT2D eigenvalue weighted by Crippen LogP contribution is 2.47. The maximum absolute atomic E-state index is 2.46. The first-order valence-corrected chi connectivity index (χ1v) is 21.0. The molecule has 59 heavy (non-hydrogen) atoms. The second kappa shape index (κ2) is 13.6. The van der Waals surface area contributed by atoms with Crippen LogP contribution in [0.3, 0.4) is 0 Å². The summed E-state index contributed by atoms with van der Waals surface area (Å²) < 4.78 is 5.03. The monoisotopic (exact) mass is 768 g/mol. The van der Waals surface area contributed by atoms with E-state index in [1.165, 1.54) is 85.8 Å². The van der Waals surface area contributed by atoms with Gasteiger partial charge in [0, 0.05) is 48.0 Å². The largest absolute Gasteiger partial charge is 0.310 e. The molecule has 0 bridgehead atoms. The lowest BCUT2D eigenvalue weighted by atomic mass is 9.94. The van der Waals surface area contributed by atoms with E-state index in [1.807, 2.05) is 11.3 Å². The van der Waals surface area contributed by atoms with Crippen LogP contribution in [-0.2, 0) is 0 Å². The van der Waals surface area contributed by atoms with E-state index in [1.54, 1.807) is 0 Å². The van der Waals surface area contributed by atoms with Gasteiger partial charge in [0.1, 0.15) is 0 Å². The Hall–Kier alpha value is -7.46. The second-order valence-corrected chi connectivity index (χ2v) is 16.3. The van der Waals surface area contributed by atoms with Crippen LogP contribution in [0, 0.1) is 0 Å². The fourth-order valence-electron chi connectivity index (χ4n) is 9.30. The number of rotatable bonds is 6. The number of para-hydroxylation sites is 2. The van der Waals surface area contributed by atoms with Crippen LogP contribution in [0.4, 0.5) is 17.1 Å². The number of fused-ring (bicyclic) bond motifs is 9. The predicted octanol–water partition coefficient (Wildman–Crippen LogP) is 16.3. The molecule has 0 saturated heterocycles. The van der Waals surface area contributed by atoms with Crippen LogP contribution in [0.15, 0.2) is 218 Å². The average Bonchev–Trinajstić information content (AvgIpc) is 3.87. The number of benzene rings is 10. The number of nitrogens with zero attached hydrogens (tertiary/aromatic N) is 2. The summed E-state index contributed by atoms with van der Waals surface area (Å²) in [7, 11) is 0. The minimum Gasteiger partial charge on any atom is -0.310 e. The maximum atomic E-state index is 2.46. The Labute approximate surface area is 346 Å². The Morgan fingerprint density at radius 3 is 1.81 bits per heavy atom. The van der Waals surface area contributed by atoms with Gasteiger partial charge in [0.05, 0.1) is 16.7 Å². The lowest BCUT2D eigenvalue weighted by Gasteiger charge is -2.27. The molecule has 0 saturated carbocycles.